The molecule has 0 saturated carbocycles. The third-order valence-corrected chi connectivity index (χ3v) is 2.68. The third-order valence-electron chi connectivity index (χ3n) is 2.68. The van der Waals surface area contributed by atoms with Gasteiger partial charge in [-0.2, -0.15) is 0 Å². The Morgan fingerprint density at radius 1 is 0.857 bits per heavy atom. The summed E-state index contributed by atoms with van der Waals surface area (Å²) in [5.74, 6) is 0. The van der Waals surface area contributed by atoms with Gasteiger partial charge in [0, 0.05) is 0 Å². The van der Waals surface area contributed by atoms with Crippen LogP contribution in [0.4, 0.5) is 0 Å². The van der Waals surface area contributed by atoms with Crippen LogP contribution in [-0.2, 0) is 24.5 Å². The molecule has 0 amide bonds. The maximum absolute atomic E-state index is 8.58. The van der Waals surface area contributed by atoms with E-state index in [9.17, 15) is 0 Å². The average Bonchev–Trinajstić information content (AvgIpc) is 2.07. The molecule has 5 nitrogen and oxygen atoms in total. The topological polar surface area (TPSA) is 74.3 Å². The summed E-state index contributed by atoms with van der Waals surface area (Å²) in [5.41, 5.74) is 0. The van der Waals surface area contributed by atoms with E-state index in [0.717, 1.165) is 0 Å². The van der Waals surface area contributed by atoms with E-state index in [-0.39, 0.29) is 0 Å². The summed E-state index contributed by atoms with van der Waals surface area (Å²) in [6.07, 6.45) is 0. The van der Waals surface area contributed by atoms with Crippen LogP contribution in [0.3, 0.4) is 0 Å². The van der Waals surface area contributed by atoms with Crippen molar-refractivity contribution in [1.82, 2.24) is 0 Å². The van der Waals surface area contributed by atoms with E-state index in [1.54, 1.807) is 0 Å². The normalized spacial score (nSPS) is 11.8. The molecular weight excluding hydrogens is 229 g/mol. The first kappa shape index (κ1) is 16.3. The third kappa shape index (κ3) is 9.92. The van der Waals surface area contributed by atoms with Gasteiger partial charge in [0.25, 0.3) is 0 Å². The van der Waals surface area contributed by atoms with Gasteiger partial charge in [0.15, 0.2) is 0 Å². The van der Waals surface area contributed by atoms with E-state index in [2.05, 4.69) is 27.7 Å². The molecule has 14 heavy (non-hydrogen) atoms. The van der Waals surface area contributed by atoms with Crippen LogP contribution in [0.1, 0.15) is 27.7 Å². The Labute approximate surface area is 87.5 Å². The second kappa shape index (κ2) is 7.17. The molecule has 0 aromatic heterocycles. The zero-order valence-corrected chi connectivity index (χ0v) is 10.5. The van der Waals surface area contributed by atoms with Crippen LogP contribution in [0.25, 0.3) is 0 Å². The molecule has 0 saturated heterocycles. The van der Waals surface area contributed by atoms with Crippen molar-refractivity contribution in [2.75, 3.05) is 26.2 Å². The minimum atomic E-state index is -5.62. The zero-order chi connectivity index (χ0) is 11.8. The van der Waals surface area contributed by atoms with Crippen molar-refractivity contribution in [2.45, 2.75) is 27.7 Å². The first-order valence-corrected chi connectivity index (χ1v) is 6.64. The molecule has 0 aliphatic carbocycles. The summed E-state index contributed by atoms with van der Waals surface area (Å²) in [7, 11) is 0. The van der Waals surface area contributed by atoms with Crippen LogP contribution < -0.4 is 4.19 Å². The van der Waals surface area contributed by atoms with Crippen molar-refractivity contribution in [3.8, 4) is 0 Å². The molecule has 0 spiro atoms. The van der Waals surface area contributed by atoms with Crippen molar-refractivity contribution in [1.29, 1.82) is 0 Å². The zero-order valence-electron chi connectivity index (χ0n) is 9.29. The summed E-state index contributed by atoms with van der Waals surface area (Å²) in [6.45, 7) is 14.2. The van der Waals surface area contributed by atoms with Gasteiger partial charge in [0.1, 0.15) is 0 Å². The molecule has 0 unspecified atom stereocenters. The second-order valence-electron chi connectivity index (χ2n) is 2.98. The predicted molar refractivity (Wildman–Crippen MR) is 44.5 cm³/mol. The molecule has 0 aromatic carbocycles. The van der Waals surface area contributed by atoms with E-state index < -0.39 is 13.0 Å². The minimum absolute atomic E-state index is 1.28. The molecule has 0 fully saturated rings. The summed E-state index contributed by atoms with van der Waals surface area (Å²) >= 11 is -5.62. The first-order chi connectivity index (χ1) is 6.24. The van der Waals surface area contributed by atoms with E-state index in [0.29, 0.717) is 0 Å². The average molecular weight is 249 g/mol. The Kier molecular flexibility index (Phi) is 8.34. The Morgan fingerprint density at radius 3 is 1.00 bits per heavy atom. The van der Waals surface area contributed by atoms with Crippen molar-refractivity contribution < 1.29 is 33.1 Å². The number of hydrogen-bond acceptors (Lipinski definition) is 4. The van der Waals surface area contributed by atoms with E-state index in [1.165, 1.54) is 30.7 Å². The van der Waals surface area contributed by atoms with Gasteiger partial charge >= 0.3 is 28.7 Å². The van der Waals surface area contributed by atoms with Crippen molar-refractivity contribution >= 4 is 0 Å². The maximum atomic E-state index is 8.58. The van der Waals surface area contributed by atoms with Crippen molar-refractivity contribution in [3.63, 3.8) is 0 Å². The van der Waals surface area contributed by atoms with Gasteiger partial charge in [-0.3, -0.25) is 0 Å². The monoisotopic (exact) mass is 249 g/mol. The molecule has 0 aliphatic heterocycles. The molecule has 0 bridgehead atoms. The van der Waals surface area contributed by atoms with Gasteiger partial charge in [-0.15, -0.1) is 0 Å². The fourth-order valence-electron chi connectivity index (χ4n) is 1.34. The quantitative estimate of drug-likeness (QED) is 0.531. The number of nitrogens with zero attached hydrogens (tertiary/aromatic N) is 1. The van der Waals surface area contributed by atoms with Crippen LogP contribution >= 0.6 is 0 Å². The van der Waals surface area contributed by atoms with Crippen LogP contribution in [0.2, 0.25) is 0 Å². The molecule has 0 N–H and O–H groups in total. The Bertz CT molecular complexity index is 242. The summed E-state index contributed by atoms with van der Waals surface area (Å²) < 4.78 is 35.6. The van der Waals surface area contributed by atoms with Gasteiger partial charge in [0.2, 0.25) is 0 Å². The summed E-state index contributed by atoms with van der Waals surface area (Å²) in [6, 6.07) is 0. The molecule has 0 radical (unpaired) electrons. The molecule has 0 aliphatic rings. The summed E-state index contributed by atoms with van der Waals surface area (Å²) in [5, 5.41) is 0. The van der Waals surface area contributed by atoms with Crippen LogP contribution in [0, 0.1) is 0 Å². The molecule has 0 atom stereocenters. The van der Waals surface area contributed by atoms with Gasteiger partial charge in [-0.05, 0) is 27.7 Å². The molecule has 6 heteroatoms. The van der Waals surface area contributed by atoms with E-state index in [4.69, 9.17) is 15.7 Å². The van der Waals surface area contributed by atoms with E-state index in [1.807, 2.05) is 0 Å². The molecule has 0 aromatic rings. The second-order valence-corrected chi connectivity index (χ2v) is 4.16. The van der Waals surface area contributed by atoms with Crippen LogP contribution in [0.5, 0.6) is 0 Å². The molecular formula is C8H20MnNO4. The van der Waals surface area contributed by atoms with E-state index >= 15 is 0 Å². The summed E-state index contributed by atoms with van der Waals surface area (Å²) in [4.78, 5) is 0. The van der Waals surface area contributed by atoms with Gasteiger partial charge in [0.05, 0.1) is 26.2 Å². The fourth-order valence-corrected chi connectivity index (χ4v) is 1.34. The SMILES string of the molecule is CC[N+](CC)(CC)CC.[O]=[Mn](=[O])(=[O])[O-]. The van der Waals surface area contributed by atoms with Crippen LogP contribution in [0.15, 0.2) is 0 Å². The number of quaternary nitrogens is 1. The fraction of sp³-hybridized carbons (Fsp3) is 1.00. The molecule has 0 rings (SSSR count). The van der Waals surface area contributed by atoms with Crippen LogP contribution in [-0.4, -0.2) is 30.7 Å². The van der Waals surface area contributed by atoms with Crippen molar-refractivity contribution in [2.24, 2.45) is 0 Å². The first-order valence-electron chi connectivity index (χ1n) is 4.71. The number of hydrogen-bond donors (Lipinski definition) is 0. The van der Waals surface area contributed by atoms with Gasteiger partial charge in [-0.1, -0.05) is 0 Å². The Balaban J connectivity index is 0. The van der Waals surface area contributed by atoms with Crippen molar-refractivity contribution in [3.05, 3.63) is 0 Å². The number of rotatable bonds is 4. The standard InChI is InChI=1S/C8H20N.Mn.4O/c1-5-9(6-2,7-3)8-4;;;;;/h5-8H2,1-4H3;;;;;/q+1;;;;;-1. The molecule has 88 valence electrons. The Morgan fingerprint density at radius 2 is 1.00 bits per heavy atom. The Hall–Kier alpha value is -0.161. The predicted octanol–water partition coefficient (Wildman–Crippen LogP) is 0.335. The molecule has 0 heterocycles. The van der Waals surface area contributed by atoms with Gasteiger partial charge < -0.3 is 4.48 Å². The van der Waals surface area contributed by atoms with Gasteiger partial charge in [-0.25, -0.2) is 0 Å².